The first kappa shape index (κ1) is 49.5. The fraction of sp³-hybridized carbons (Fsp3) is 0.490. The summed E-state index contributed by atoms with van der Waals surface area (Å²) in [6.07, 6.45) is 7.06. The van der Waals surface area contributed by atoms with E-state index in [1.54, 1.807) is 64.1 Å². The van der Waals surface area contributed by atoms with Crippen LogP contribution in [-0.4, -0.2) is 82.7 Å². The van der Waals surface area contributed by atoms with E-state index >= 15 is 9.59 Å². The van der Waals surface area contributed by atoms with Crippen molar-refractivity contribution in [3.63, 3.8) is 0 Å². The quantitative estimate of drug-likeness (QED) is 0.167. The zero-order valence-corrected chi connectivity index (χ0v) is 39.3. The van der Waals surface area contributed by atoms with Crippen molar-refractivity contribution in [2.45, 2.75) is 125 Å². The number of amides is 1. The molecule has 0 aromatic heterocycles. The number of hydrogen-bond acceptors (Lipinski definition) is 14. The number of ketones is 3. The number of carbonyl (C=O) groups excluding carboxylic acids is 6. The van der Waals surface area contributed by atoms with Crippen molar-refractivity contribution in [2.24, 2.45) is 29.6 Å². The summed E-state index contributed by atoms with van der Waals surface area (Å²) >= 11 is 0. The maximum Gasteiger partial charge on any atom is 0.314 e. The predicted molar refractivity (Wildman–Crippen MR) is 244 cm³/mol. The Hall–Kier alpha value is -5.90. The molecule has 3 heterocycles. The monoisotopic (exact) mass is 910 g/mol. The summed E-state index contributed by atoms with van der Waals surface area (Å²) in [7, 11) is 1.43. The average Bonchev–Trinajstić information content (AvgIpc) is 3.56. The normalized spacial score (nSPS) is 30.6. The molecule has 354 valence electrons. The first-order valence-corrected chi connectivity index (χ1v) is 22.6. The molecule has 9 atom stereocenters. The Morgan fingerprint density at radius 1 is 0.848 bits per heavy atom. The number of fused-ring (bicyclic) bond motifs is 14. The summed E-state index contributed by atoms with van der Waals surface area (Å²) in [5, 5.41) is 28.7. The van der Waals surface area contributed by atoms with E-state index in [0.717, 1.165) is 24.8 Å². The highest BCUT2D eigenvalue weighted by molar-refractivity contribution is 6.33. The minimum atomic E-state index is -2.14. The number of ether oxygens (including phenoxy) is 5. The lowest BCUT2D eigenvalue weighted by Crippen LogP contribution is -2.46. The van der Waals surface area contributed by atoms with E-state index in [1.165, 1.54) is 53.2 Å². The van der Waals surface area contributed by atoms with Gasteiger partial charge < -0.3 is 44.5 Å². The van der Waals surface area contributed by atoms with Crippen molar-refractivity contribution in [1.29, 1.82) is 0 Å². The van der Waals surface area contributed by atoms with Crippen molar-refractivity contribution in [3.8, 4) is 11.5 Å². The minimum absolute atomic E-state index is 0.0803. The average molecular weight is 911 g/mol. The van der Waals surface area contributed by atoms with Gasteiger partial charge in [0, 0.05) is 61.5 Å². The lowest BCUT2D eigenvalue weighted by Gasteiger charge is -2.38. The van der Waals surface area contributed by atoms with Gasteiger partial charge in [0.05, 0.1) is 47.2 Å². The molecular formula is C51H62N2O13. The van der Waals surface area contributed by atoms with Gasteiger partial charge in [-0.15, -0.1) is 0 Å². The van der Waals surface area contributed by atoms with Crippen LogP contribution in [0.15, 0.2) is 71.8 Å². The second kappa shape index (κ2) is 20.3. The zero-order chi connectivity index (χ0) is 48.4. The van der Waals surface area contributed by atoms with Crippen LogP contribution in [0.4, 0.5) is 5.69 Å². The number of methoxy groups -OCH3 is 1. The van der Waals surface area contributed by atoms with Gasteiger partial charge in [-0.25, -0.2) is 0 Å². The molecule has 15 heteroatoms. The lowest BCUT2D eigenvalue weighted by molar-refractivity contribution is -0.160. The maximum atomic E-state index is 15.2. The first-order valence-electron chi connectivity index (χ1n) is 22.6. The van der Waals surface area contributed by atoms with E-state index in [9.17, 15) is 29.4 Å². The summed E-state index contributed by atoms with van der Waals surface area (Å²) in [4.78, 5) is 85.5. The predicted octanol–water partition coefficient (Wildman–Crippen LogP) is 7.16. The lowest BCUT2D eigenvalue weighted by atomic mass is 9.78. The number of aliphatic hydroxyl groups is 2. The highest BCUT2D eigenvalue weighted by Crippen LogP contribution is 2.49. The number of aryl methyl sites for hydroxylation is 1. The number of carbonyl (C=O) groups is 6. The summed E-state index contributed by atoms with van der Waals surface area (Å²) in [5.74, 6) is -10.2. The largest absolute Gasteiger partial charge is 0.462 e. The number of hydrogen-bond donors (Lipinski definition) is 4. The van der Waals surface area contributed by atoms with Crippen LogP contribution < -0.4 is 20.1 Å². The van der Waals surface area contributed by atoms with E-state index in [0.29, 0.717) is 18.5 Å². The van der Waals surface area contributed by atoms with Gasteiger partial charge in [-0.3, -0.25) is 28.8 Å². The van der Waals surface area contributed by atoms with E-state index in [1.807, 2.05) is 6.92 Å². The smallest absolute Gasteiger partial charge is 0.314 e. The van der Waals surface area contributed by atoms with Crippen LogP contribution in [0.5, 0.6) is 11.5 Å². The van der Waals surface area contributed by atoms with E-state index < -0.39 is 112 Å². The minimum Gasteiger partial charge on any atom is -0.462 e. The van der Waals surface area contributed by atoms with E-state index in [4.69, 9.17) is 23.7 Å². The molecule has 5 bridgehead atoms. The molecule has 5 aliphatic rings. The second-order valence-corrected chi connectivity index (χ2v) is 18.3. The molecule has 1 amide bonds. The van der Waals surface area contributed by atoms with Crippen molar-refractivity contribution in [3.05, 3.63) is 99.6 Å². The number of rotatable bonds is 6. The Balaban J connectivity index is 1.55. The third kappa shape index (κ3) is 9.93. The fourth-order valence-electron chi connectivity index (χ4n) is 9.23. The highest BCUT2D eigenvalue weighted by Gasteiger charge is 2.53. The van der Waals surface area contributed by atoms with Gasteiger partial charge in [-0.2, -0.15) is 0 Å². The number of esters is 2. The van der Waals surface area contributed by atoms with Crippen molar-refractivity contribution < 1.29 is 62.7 Å². The molecule has 0 unspecified atom stereocenters. The Morgan fingerprint density at radius 3 is 2.15 bits per heavy atom. The molecule has 0 saturated heterocycles. The molecule has 3 aliphatic heterocycles. The van der Waals surface area contributed by atoms with Crippen LogP contribution in [0.3, 0.4) is 0 Å². The van der Waals surface area contributed by atoms with Crippen LogP contribution in [0.1, 0.15) is 123 Å². The van der Waals surface area contributed by atoms with Gasteiger partial charge in [0.25, 0.3) is 11.7 Å². The zero-order valence-electron chi connectivity index (χ0n) is 39.3. The van der Waals surface area contributed by atoms with Gasteiger partial charge in [0.1, 0.15) is 29.0 Å². The molecule has 2 aliphatic carbocycles. The van der Waals surface area contributed by atoms with Crippen LogP contribution in [-0.2, 0) is 28.6 Å². The van der Waals surface area contributed by atoms with Crippen LogP contribution in [0.25, 0.3) is 0 Å². The molecule has 1 saturated carbocycles. The maximum absolute atomic E-state index is 15.2. The third-order valence-electron chi connectivity index (χ3n) is 13.4. The van der Waals surface area contributed by atoms with E-state index in [-0.39, 0.29) is 33.9 Å². The number of Topliss-reactive ketones (excluding diaryl/α,β-unsaturated/α-hetero) is 3. The summed E-state index contributed by atoms with van der Waals surface area (Å²) in [5.41, 5.74) is -0.363. The van der Waals surface area contributed by atoms with Crippen LogP contribution in [0, 0.1) is 43.4 Å². The number of nitrogens with one attached hydrogen (secondary N) is 2. The Bertz CT molecular complexity index is 2390. The molecule has 2 aromatic rings. The summed E-state index contributed by atoms with van der Waals surface area (Å²) in [6.45, 7) is 14.4. The van der Waals surface area contributed by atoms with Gasteiger partial charge in [-0.05, 0) is 51.8 Å². The fourth-order valence-corrected chi connectivity index (χ4v) is 9.23. The molecule has 4 N–H and O–H groups in total. The molecule has 66 heavy (non-hydrogen) atoms. The Labute approximate surface area is 385 Å². The second-order valence-electron chi connectivity index (χ2n) is 18.3. The molecule has 0 spiro atoms. The van der Waals surface area contributed by atoms with Crippen molar-refractivity contribution in [1.82, 2.24) is 5.32 Å². The van der Waals surface area contributed by atoms with Gasteiger partial charge in [-0.1, -0.05) is 82.9 Å². The SMILES string of the molecule is CO[C@H]1/C=C/O[C@@]2(C)Oc3c(C)c(OC(=O)C4CCCCC4)c4c(c3C2=O)C(=O)C(Nc2ccc(C)cc2)=C(NC(=O)/C(C)=C\C=C\[C@H](C)[C@H](O)[C@@H](C)[C@H](O)[C@H](C)[C@H](OC(C)=O)[C@@H]1C)C4=O. The Kier molecular flexibility index (Phi) is 15.2. The first-order chi connectivity index (χ1) is 31.2. The molecule has 2 aromatic carbocycles. The highest BCUT2D eigenvalue weighted by atomic mass is 16.7. The van der Waals surface area contributed by atoms with Crippen LogP contribution in [0.2, 0.25) is 0 Å². The van der Waals surface area contributed by atoms with Crippen LogP contribution >= 0.6 is 0 Å². The number of aliphatic hydroxyl groups excluding tert-OH is 2. The van der Waals surface area contributed by atoms with Gasteiger partial charge >= 0.3 is 17.7 Å². The molecular weight excluding hydrogens is 849 g/mol. The summed E-state index contributed by atoms with van der Waals surface area (Å²) < 4.78 is 30.1. The number of benzene rings is 2. The van der Waals surface area contributed by atoms with Gasteiger partial charge in [0.2, 0.25) is 11.6 Å². The Morgan fingerprint density at radius 2 is 1.52 bits per heavy atom. The molecule has 0 radical (unpaired) electrons. The topological polar surface area (TPSA) is 213 Å². The molecule has 15 nitrogen and oxygen atoms in total. The summed E-state index contributed by atoms with van der Waals surface area (Å²) in [6, 6.07) is 6.94. The number of anilines is 1. The number of allylic oxidation sites excluding steroid dienone is 4. The standard InChI is InChI=1S/C51H62N2O13/c1-25-19-21-34(22-20-25)52-39-40-44(58)37-36(43(39)57)38-47(31(7)46(37)65-50(61)33-17-12-11-13-18-33)66-51(9,48(38)59)63-24-23-35(62-10)28(4)45(64-32(8)54)30(6)42(56)29(5)41(55)26(2)15-14-16-27(3)49(60)53-40/h14-16,19-24,26,28-30,33,35,41-42,45,52,55-56H,11-13,17-18H2,1-10H3,(H,53,60)/b15-14+,24-23+,27-16-/t26-,28+,29+,30-,35-,41-,42-,45+,51-/m0/s1. The van der Waals surface area contributed by atoms with Gasteiger partial charge in [0.15, 0.2) is 0 Å². The molecule has 1 fully saturated rings. The molecule has 7 rings (SSSR count). The van der Waals surface area contributed by atoms with E-state index in [2.05, 4.69) is 10.6 Å². The van der Waals surface area contributed by atoms with Crippen molar-refractivity contribution in [2.75, 3.05) is 12.4 Å². The third-order valence-corrected chi connectivity index (χ3v) is 13.4. The van der Waals surface area contributed by atoms with Crippen molar-refractivity contribution >= 4 is 40.9 Å².